The number of hydrogen-bond acceptors (Lipinski definition) is 3. The number of nitrogens with zero attached hydrogens (tertiary/aromatic N) is 1. The first-order chi connectivity index (χ1) is 13.8. The Bertz CT molecular complexity index is 1080. The van der Waals surface area contributed by atoms with Crippen LogP contribution in [0, 0.1) is 0 Å². The summed E-state index contributed by atoms with van der Waals surface area (Å²) in [5.74, 6) is 0.214. The molecule has 0 saturated heterocycles. The lowest BCUT2D eigenvalue weighted by Crippen LogP contribution is -2.22. The van der Waals surface area contributed by atoms with Crippen molar-refractivity contribution in [3.8, 4) is 11.4 Å². The van der Waals surface area contributed by atoms with E-state index in [1.54, 1.807) is 6.92 Å². The Morgan fingerprint density at radius 2 is 1.61 bits per heavy atom. The Morgan fingerprint density at radius 1 is 0.893 bits per heavy atom. The first-order valence-electron chi connectivity index (χ1n) is 9.31. The van der Waals surface area contributed by atoms with E-state index in [1.165, 1.54) is 0 Å². The molecule has 0 aliphatic heterocycles. The summed E-state index contributed by atoms with van der Waals surface area (Å²) in [7, 11) is 0. The topological polar surface area (TPSA) is 40.5 Å². The van der Waals surface area contributed by atoms with Crippen molar-refractivity contribution in [3.63, 3.8) is 0 Å². The zero-order valence-corrected chi connectivity index (χ0v) is 15.6. The fraction of sp³-hybridized carbons (Fsp3) is 0.125. The number of hydrogen-bond donors (Lipinski definition) is 0. The van der Waals surface area contributed by atoms with Crippen LogP contribution in [0.2, 0.25) is 0 Å². The van der Waals surface area contributed by atoms with E-state index in [9.17, 15) is 4.79 Å². The Kier molecular flexibility index (Phi) is 5.11. The largest absolute Gasteiger partial charge is 0.472 e. The van der Waals surface area contributed by atoms with Crippen molar-refractivity contribution in [1.29, 1.82) is 0 Å². The minimum Gasteiger partial charge on any atom is -0.472 e. The van der Waals surface area contributed by atoms with Crippen LogP contribution < -0.4 is 4.74 Å². The molecule has 1 aromatic heterocycles. The zero-order valence-electron chi connectivity index (χ0n) is 15.6. The zero-order chi connectivity index (χ0) is 19.3. The number of para-hydroxylation sites is 2. The van der Waals surface area contributed by atoms with Crippen LogP contribution in [-0.4, -0.2) is 17.1 Å². The summed E-state index contributed by atoms with van der Waals surface area (Å²) in [6, 6.07) is 25.4. The monoisotopic (exact) mass is 371 g/mol. The SMILES string of the molecule is CCOC(=O)C(Oc1ccccc1-n1cccc1)c1cccc2ccccc12. The van der Waals surface area contributed by atoms with Gasteiger partial charge in [-0.2, -0.15) is 0 Å². The Balaban J connectivity index is 1.80. The number of rotatable bonds is 6. The smallest absolute Gasteiger partial charge is 0.352 e. The van der Waals surface area contributed by atoms with Gasteiger partial charge in [0.2, 0.25) is 6.10 Å². The van der Waals surface area contributed by atoms with Gasteiger partial charge < -0.3 is 14.0 Å². The van der Waals surface area contributed by atoms with Gasteiger partial charge in [0, 0.05) is 18.0 Å². The van der Waals surface area contributed by atoms with E-state index in [-0.39, 0.29) is 0 Å². The molecular formula is C24H21NO3. The average Bonchev–Trinajstić information content (AvgIpc) is 3.27. The second-order valence-electron chi connectivity index (χ2n) is 6.38. The van der Waals surface area contributed by atoms with Gasteiger partial charge in [-0.05, 0) is 42.0 Å². The standard InChI is InChI=1S/C24H21NO3/c1-2-27-24(26)23(20-13-9-11-18-10-3-4-12-19(18)20)28-22-15-6-5-14-21(22)25-16-7-8-17-25/h3-17,23H,2H2,1H3. The van der Waals surface area contributed by atoms with Gasteiger partial charge in [0.25, 0.3) is 0 Å². The molecule has 0 aliphatic rings. The van der Waals surface area contributed by atoms with E-state index in [0.717, 1.165) is 22.0 Å². The maximum absolute atomic E-state index is 12.8. The highest BCUT2D eigenvalue weighted by atomic mass is 16.6. The third kappa shape index (κ3) is 3.49. The minimum absolute atomic E-state index is 0.294. The van der Waals surface area contributed by atoms with Crippen LogP contribution in [0.5, 0.6) is 5.75 Å². The minimum atomic E-state index is -0.859. The molecule has 0 radical (unpaired) electrons. The molecule has 4 rings (SSSR count). The fourth-order valence-electron chi connectivity index (χ4n) is 3.33. The summed E-state index contributed by atoms with van der Waals surface area (Å²) >= 11 is 0. The third-order valence-corrected chi connectivity index (χ3v) is 4.60. The number of ether oxygens (including phenoxy) is 2. The van der Waals surface area contributed by atoms with E-state index in [4.69, 9.17) is 9.47 Å². The van der Waals surface area contributed by atoms with Crippen LogP contribution >= 0.6 is 0 Å². The molecule has 0 N–H and O–H groups in total. The van der Waals surface area contributed by atoms with Crippen LogP contribution in [0.25, 0.3) is 16.5 Å². The van der Waals surface area contributed by atoms with E-state index in [2.05, 4.69) is 0 Å². The van der Waals surface area contributed by atoms with Gasteiger partial charge in [-0.1, -0.05) is 54.6 Å². The van der Waals surface area contributed by atoms with Gasteiger partial charge in [0.15, 0.2) is 0 Å². The predicted molar refractivity (Wildman–Crippen MR) is 110 cm³/mol. The first kappa shape index (κ1) is 17.9. The summed E-state index contributed by atoms with van der Waals surface area (Å²) < 4.78 is 13.6. The van der Waals surface area contributed by atoms with Gasteiger partial charge in [-0.15, -0.1) is 0 Å². The van der Waals surface area contributed by atoms with Crippen LogP contribution in [-0.2, 0) is 9.53 Å². The van der Waals surface area contributed by atoms with Crippen molar-refractivity contribution in [1.82, 2.24) is 4.57 Å². The van der Waals surface area contributed by atoms with Crippen LogP contribution in [0.3, 0.4) is 0 Å². The lowest BCUT2D eigenvalue weighted by atomic mass is 10.00. The van der Waals surface area contributed by atoms with E-state index in [0.29, 0.717) is 12.4 Å². The summed E-state index contributed by atoms with van der Waals surface area (Å²) in [4.78, 5) is 12.8. The molecule has 0 aliphatic carbocycles. The highest BCUT2D eigenvalue weighted by Crippen LogP contribution is 2.32. The third-order valence-electron chi connectivity index (χ3n) is 4.60. The van der Waals surface area contributed by atoms with Gasteiger partial charge in [-0.3, -0.25) is 0 Å². The van der Waals surface area contributed by atoms with Gasteiger partial charge in [-0.25, -0.2) is 4.79 Å². The lowest BCUT2D eigenvalue weighted by molar-refractivity contribution is -0.151. The molecule has 0 amide bonds. The quantitative estimate of drug-likeness (QED) is 0.431. The first-order valence-corrected chi connectivity index (χ1v) is 9.31. The second kappa shape index (κ2) is 8.01. The molecule has 0 saturated carbocycles. The molecule has 4 heteroatoms. The average molecular weight is 371 g/mol. The van der Waals surface area contributed by atoms with Gasteiger partial charge >= 0.3 is 5.97 Å². The van der Waals surface area contributed by atoms with Crippen molar-refractivity contribution in [3.05, 3.63) is 96.8 Å². The summed E-state index contributed by atoms with van der Waals surface area (Å²) in [6.45, 7) is 2.09. The van der Waals surface area contributed by atoms with Crippen molar-refractivity contribution in [2.45, 2.75) is 13.0 Å². The van der Waals surface area contributed by atoms with Crippen LogP contribution in [0.1, 0.15) is 18.6 Å². The second-order valence-corrected chi connectivity index (χ2v) is 6.38. The molecule has 4 aromatic rings. The number of benzene rings is 3. The van der Waals surface area contributed by atoms with Crippen molar-refractivity contribution >= 4 is 16.7 Å². The van der Waals surface area contributed by atoms with Crippen LogP contribution in [0.4, 0.5) is 0 Å². The van der Waals surface area contributed by atoms with Gasteiger partial charge in [0.1, 0.15) is 5.75 Å². The maximum Gasteiger partial charge on any atom is 0.352 e. The molecule has 3 aromatic carbocycles. The van der Waals surface area contributed by atoms with Crippen LogP contribution in [0.15, 0.2) is 91.3 Å². The van der Waals surface area contributed by atoms with E-state index < -0.39 is 12.1 Å². The Morgan fingerprint density at radius 3 is 2.43 bits per heavy atom. The molecule has 140 valence electrons. The maximum atomic E-state index is 12.8. The molecular weight excluding hydrogens is 350 g/mol. The fourth-order valence-corrected chi connectivity index (χ4v) is 3.33. The molecule has 0 fully saturated rings. The van der Waals surface area contributed by atoms with E-state index >= 15 is 0 Å². The molecule has 0 bridgehead atoms. The summed E-state index contributed by atoms with van der Waals surface area (Å²) in [6.07, 6.45) is 3.03. The normalized spacial score (nSPS) is 11.9. The van der Waals surface area contributed by atoms with Crippen molar-refractivity contribution in [2.24, 2.45) is 0 Å². The molecule has 4 nitrogen and oxygen atoms in total. The number of carbonyl (C=O) groups excluding carboxylic acids is 1. The highest BCUT2D eigenvalue weighted by molar-refractivity contribution is 5.90. The predicted octanol–water partition coefficient (Wildman–Crippen LogP) is 5.31. The molecule has 0 spiro atoms. The number of aromatic nitrogens is 1. The Hall–Kier alpha value is -3.53. The molecule has 28 heavy (non-hydrogen) atoms. The Labute approximate surface area is 163 Å². The summed E-state index contributed by atoms with van der Waals surface area (Å²) in [5, 5.41) is 2.03. The lowest BCUT2D eigenvalue weighted by Gasteiger charge is -2.21. The van der Waals surface area contributed by atoms with Crippen molar-refractivity contribution in [2.75, 3.05) is 6.61 Å². The van der Waals surface area contributed by atoms with Crippen molar-refractivity contribution < 1.29 is 14.3 Å². The summed E-state index contributed by atoms with van der Waals surface area (Å²) in [5.41, 5.74) is 1.65. The number of fused-ring (bicyclic) bond motifs is 1. The number of carbonyl (C=O) groups is 1. The molecule has 1 heterocycles. The van der Waals surface area contributed by atoms with Gasteiger partial charge in [0.05, 0.1) is 12.3 Å². The molecule has 1 unspecified atom stereocenters. The molecule has 1 atom stereocenters. The number of esters is 1. The highest BCUT2D eigenvalue weighted by Gasteiger charge is 2.27. The van der Waals surface area contributed by atoms with E-state index in [1.807, 2.05) is 95.8 Å².